The highest BCUT2D eigenvalue weighted by molar-refractivity contribution is 5.69. The van der Waals surface area contributed by atoms with E-state index in [2.05, 4.69) is 32.7 Å². The van der Waals surface area contributed by atoms with E-state index >= 15 is 0 Å². The molecule has 5 heteroatoms. The predicted octanol–water partition coefficient (Wildman–Crippen LogP) is 13.3. The lowest BCUT2D eigenvalue weighted by molar-refractivity contribution is -0.150. The first-order valence-corrected chi connectivity index (χ1v) is 21.6. The minimum absolute atomic E-state index is 0.00751. The number of hydrogen-bond acceptors (Lipinski definition) is 5. The Morgan fingerprint density at radius 2 is 0.792 bits per heavy atom. The molecule has 0 aliphatic carbocycles. The monoisotopic (exact) mass is 680 g/mol. The van der Waals surface area contributed by atoms with Crippen LogP contribution in [0.25, 0.3) is 0 Å². The van der Waals surface area contributed by atoms with Crippen molar-refractivity contribution in [2.24, 2.45) is 0 Å². The number of carbonyl (C=O) groups is 2. The molecule has 0 saturated heterocycles. The third-order valence-corrected chi connectivity index (χ3v) is 9.91. The van der Waals surface area contributed by atoms with E-state index < -0.39 is 0 Å². The van der Waals surface area contributed by atoms with Gasteiger partial charge in [-0.2, -0.15) is 0 Å². The first kappa shape index (κ1) is 46.9. The van der Waals surface area contributed by atoms with E-state index in [9.17, 15) is 9.59 Å². The van der Waals surface area contributed by atoms with Gasteiger partial charge in [-0.25, -0.2) is 0 Å². The minimum atomic E-state index is -0.00751. The van der Waals surface area contributed by atoms with Crippen molar-refractivity contribution in [1.29, 1.82) is 0 Å². The molecule has 0 aliphatic heterocycles. The molecule has 0 N–H and O–H groups in total. The summed E-state index contributed by atoms with van der Waals surface area (Å²) in [5.74, 6) is 0.0299. The third-order valence-electron chi connectivity index (χ3n) is 9.91. The Kier molecular flexibility index (Phi) is 37.8. The van der Waals surface area contributed by atoms with Crippen molar-refractivity contribution in [2.45, 2.75) is 239 Å². The van der Waals surface area contributed by atoms with Gasteiger partial charge in [0.05, 0.1) is 6.61 Å². The van der Waals surface area contributed by atoms with E-state index in [0.717, 1.165) is 58.0 Å². The van der Waals surface area contributed by atoms with E-state index in [0.29, 0.717) is 19.4 Å². The highest BCUT2D eigenvalue weighted by Gasteiger charge is 2.14. The first-order chi connectivity index (χ1) is 23.5. The van der Waals surface area contributed by atoms with E-state index in [1.54, 1.807) is 0 Å². The van der Waals surface area contributed by atoms with Crippen LogP contribution in [0.4, 0.5) is 0 Å². The number of ether oxygens (including phenoxy) is 2. The Hall–Kier alpha value is -1.10. The quantitative estimate of drug-likeness (QED) is 0.0478. The standard InChI is InChI=1S/C43H85NO4/c1-5-8-11-14-17-26-33-40-47-42(45)36-29-22-18-24-31-38-44(4)39-32-25-19-23-30-37-43(46)48-41(34-27-20-15-12-9-6-2)35-28-21-16-13-10-7-3/h41H,5-40H2,1-4H3. The highest BCUT2D eigenvalue weighted by atomic mass is 16.5. The van der Waals surface area contributed by atoms with E-state index in [1.807, 2.05) is 0 Å². The Bertz CT molecular complexity index is 653. The molecule has 48 heavy (non-hydrogen) atoms. The number of esters is 2. The zero-order chi connectivity index (χ0) is 35.2. The van der Waals surface area contributed by atoms with Crippen molar-refractivity contribution in [3.05, 3.63) is 0 Å². The van der Waals surface area contributed by atoms with Crippen molar-refractivity contribution in [3.8, 4) is 0 Å². The summed E-state index contributed by atoms with van der Waals surface area (Å²) < 4.78 is 11.4. The number of rotatable bonds is 39. The van der Waals surface area contributed by atoms with Gasteiger partial charge in [-0.1, -0.05) is 162 Å². The van der Waals surface area contributed by atoms with Crippen LogP contribution < -0.4 is 0 Å². The van der Waals surface area contributed by atoms with Crippen molar-refractivity contribution in [1.82, 2.24) is 4.90 Å². The summed E-state index contributed by atoms with van der Waals surface area (Å²) >= 11 is 0. The summed E-state index contributed by atoms with van der Waals surface area (Å²) in [6.45, 7) is 9.70. The Balaban J connectivity index is 3.75. The fourth-order valence-corrected chi connectivity index (χ4v) is 6.60. The van der Waals surface area contributed by atoms with Gasteiger partial charge in [-0.05, 0) is 77.9 Å². The largest absolute Gasteiger partial charge is 0.466 e. The fraction of sp³-hybridized carbons (Fsp3) is 0.953. The van der Waals surface area contributed by atoms with Gasteiger partial charge >= 0.3 is 11.9 Å². The molecule has 0 bridgehead atoms. The van der Waals surface area contributed by atoms with Crippen molar-refractivity contribution in [3.63, 3.8) is 0 Å². The van der Waals surface area contributed by atoms with E-state index in [4.69, 9.17) is 9.47 Å². The topological polar surface area (TPSA) is 55.8 Å². The molecule has 0 aromatic carbocycles. The van der Waals surface area contributed by atoms with Crippen LogP contribution >= 0.6 is 0 Å². The van der Waals surface area contributed by atoms with Crippen LogP contribution in [0.1, 0.15) is 233 Å². The molecule has 0 amide bonds. The maximum absolute atomic E-state index is 12.6. The zero-order valence-electron chi connectivity index (χ0n) is 33.1. The van der Waals surface area contributed by atoms with Gasteiger partial charge in [-0.15, -0.1) is 0 Å². The van der Waals surface area contributed by atoms with Crippen molar-refractivity contribution >= 4 is 11.9 Å². The minimum Gasteiger partial charge on any atom is -0.466 e. The summed E-state index contributed by atoms with van der Waals surface area (Å²) in [6.07, 6.45) is 39.3. The molecule has 0 unspecified atom stereocenters. The summed E-state index contributed by atoms with van der Waals surface area (Å²) in [6, 6.07) is 0. The second kappa shape index (κ2) is 38.7. The number of hydrogen-bond donors (Lipinski definition) is 0. The van der Waals surface area contributed by atoms with Gasteiger partial charge in [-0.3, -0.25) is 9.59 Å². The van der Waals surface area contributed by atoms with Crippen molar-refractivity contribution in [2.75, 3.05) is 26.7 Å². The maximum atomic E-state index is 12.6. The predicted molar refractivity (Wildman–Crippen MR) is 208 cm³/mol. The molecule has 0 heterocycles. The Labute approximate surface area is 300 Å². The van der Waals surface area contributed by atoms with Gasteiger partial charge < -0.3 is 14.4 Å². The summed E-state index contributed by atoms with van der Waals surface area (Å²) in [4.78, 5) is 27.0. The smallest absolute Gasteiger partial charge is 0.306 e. The molecule has 0 rings (SSSR count). The van der Waals surface area contributed by atoms with Crippen LogP contribution in [0.2, 0.25) is 0 Å². The summed E-state index contributed by atoms with van der Waals surface area (Å²) in [7, 11) is 2.24. The molecule has 286 valence electrons. The molecule has 0 aromatic rings. The molecule has 0 fully saturated rings. The number of nitrogens with zero attached hydrogens (tertiary/aromatic N) is 1. The Morgan fingerprint density at radius 1 is 0.438 bits per heavy atom. The lowest BCUT2D eigenvalue weighted by Crippen LogP contribution is -2.20. The van der Waals surface area contributed by atoms with Gasteiger partial charge in [0.25, 0.3) is 0 Å². The van der Waals surface area contributed by atoms with Gasteiger partial charge in [0, 0.05) is 12.8 Å². The fourth-order valence-electron chi connectivity index (χ4n) is 6.60. The number of carbonyl (C=O) groups excluding carboxylic acids is 2. The van der Waals surface area contributed by atoms with E-state index in [-0.39, 0.29) is 18.0 Å². The zero-order valence-corrected chi connectivity index (χ0v) is 33.1. The average molecular weight is 680 g/mol. The van der Waals surface area contributed by atoms with Gasteiger partial charge in [0.15, 0.2) is 0 Å². The molecule has 0 spiro atoms. The van der Waals surface area contributed by atoms with Crippen LogP contribution in [0.5, 0.6) is 0 Å². The van der Waals surface area contributed by atoms with Crippen LogP contribution in [0.15, 0.2) is 0 Å². The van der Waals surface area contributed by atoms with E-state index in [1.165, 1.54) is 154 Å². The maximum Gasteiger partial charge on any atom is 0.306 e. The molecular formula is C43H85NO4. The molecule has 0 saturated carbocycles. The molecule has 0 aromatic heterocycles. The van der Waals surface area contributed by atoms with Crippen molar-refractivity contribution < 1.29 is 19.1 Å². The third kappa shape index (κ3) is 36.2. The average Bonchev–Trinajstić information content (AvgIpc) is 3.07. The van der Waals surface area contributed by atoms with Crippen LogP contribution in [0, 0.1) is 0 Å². The lowest BCUT2D eigenvalue weighted by Gasteiger charge is -2.18. The van der Waals surface area contributed by atoms with Gasteiger partial charge in [0.1, 0.15) is 6.10 Å². The second-order valence-electron chi connectivity index (χ2n) is 14.9. The molecule has 0 aliphatic rings. The van der Waals surface area contributed by atoms with Crippen LogP contribution in [0.3, 0.4) is 0 Å². The normalized spacial score (nSPS) is 11.5. The molecular weight excluding hydrogens is 594 g/mol. The molecule has 5 nitrogen and oxygen atoms in total. The summed E-state index contributed by atoms with van der Waals surface area (Å²) in [5.41, 5.74) is 0. The second-order valence-corrected chi connectivity index (χ2v) is 14.9. The van der Waals surface area contributed by atoms with Crippen LogP contribution in [-0.2, 0) is 19.1 Å². The van der Waals surface area contributed by atoms with Gasteiger partial charge in [0.2, 0.25) is 0 Å². The summed E-state index contributed by atoms with van der Waals surface area (Å²) in [5, 5.41) is 0. The lowest BCUT2D eigenvalue weighted by atomic mass is 10.0. The Morgan fingerprint density at radius 3 is 1.25 bits per heavy atom. The number of unbranched alkanes of at least 4 members (excludes halogenated alkanes) is 24. The first-order valence-electron chi connectivity index (χ1n) is 21.6. The van der Waals surface area contributed by atoms with Crippen LogP contribution in [-0.4, -0.2) is 49.7 Å². The SMILES string of the molecule is CCCCCCCCCOC(=O)CCCCCCCN(C)CCCCCCCC(=O)OC(CCCCCCCC)CCCCCCCC. The molecule has 0 atom stereocenters. The highest BCUT2D eigenvalue weighted by Crippen LogP contribution is 2.18. The molecule has 0 radical (unpaired) electrons.